The highest BCUT2D eigenvalue weighted by Crippen LogP contribution is 2.46. The second-order valence-corrected chi connectivity index (χ2v) is 5.51. The molecule has 3 rings (SSSR count). The molecular formula is C14H19NO2. The number of para-hydroxylation sites is 1. The second-order valence-electron chi connectivity index (χ2n) is 5.51. The van der Waals surface area contributed by atoms with Gasteiger partial charge in [-0.25, -0.2) is 0 Å². The molecule has 0 aliphatic carbocycles. The highest BCUT2D eigenvalue weighted by atomic mass is 16.3. The molecule has 2 heterocycles. The Kier molecular flexibility index (Phi) is 2.42. The van der Waals surface area contributed by atoms with Crippen LogP contribution in [0.25, 0.3) is 0 Å². The monoisotopic (exact) mass is 233 g/mol. The third-order valence-corrected chi connectivity index (χ3v) is 4.54. The van der Waals surface area contributed by atoms with Gasteiger partial charge in [0.05, 0.1) is 5.60 Å². The molecule has 3 nitrogen and oxygen atoms in total. The Morgan fingerprint density at radius 1 is 1.18 bits per heavy atom. The molecule has 2 aliphatic heterocycles. The Morgan fingerprint density at radius 2 is 1.76 bits per heavy atom. The summed E-state index contributed by atoms with van der Waals surface area (Å²) in [5.74, 6) is 0.221. The smallest absolute Gasteiger partial charge is 0.121 e. The van der Waals surface area contributed by atoms with Crippen LogP contribution < -0.4 is 0 Å². The maximum absolute atomic E-state index is 10.8. The number of hydrogen-bond donors (Lipinski definition) is 2. The van der Waals surface area contributed by atoms with Gasteiger partial charge in [-0.15, -0.1) is 0 Å². The first kappa shape index (κ1) is 11.1. The lowest BCUT2D eigenvalue weighted by atomic mass is 9.80. The lowest BCUT2D eigenvalue weighted by molar-refractivity contribution is -0.0505. The van der Waals surface area contributed by atoms with E-state index >= 15 is 0 Å². The molecule has 1 aromatic carbocycles. The SMILES string of the molecule is CN1C2CCC1CC(O)(c1ccccc1O)C2. The Balaban J connectivity index is 1.96. The van der Waals surface area contributed by atoms with Crippen LogP contribution in [0.5, 0.6) is 5.75 Å². The van der Waals surface area contributed by atoms with Crippen LogP contribution in [-0.4, -0.2) is 34.2 Å². The number of aliphatic hydroxyl groups is 1. The molecule has 2 bridgehead atoms. The van der Waals surface area contributed by atoms with Gasteiger partial charge in [0.2, 0.25) is 0 Å². The summed E-state index contributed by atoms with van der Waals surface area (Å²) in [7, 11) is 2.15. The molecule has 2 unspecified atom stereocenters. The van der Waals surface area contributed by atoms with Crippen molar-refractivity contribution in [3.63, 3.8) is 0 Å². The standard InChI is InChI=1S/C14H19NO2/c1-15-10-6-7-11(15)9-14(17,8-10)12-4-2-3-5-13(12)16/h2-5,10-11,16-17H,6-9H2,1H3. The number of nitrogens with zero attached hydrogens (tertiary/aromatic N) is 1. The van der Waals surface area contributed by atoms with Crippen LogP contribution in [-0.2, 0) is 5.60 Å². The predicted molar refractivity (Wildman–Crippen MR) is 65.8 cm³/mol. The van der Waals surface area contributed by atoms with Crippen molar-refractivity contribution in [1.82, 2.24) is 4.90 Å². The second kappa shape index (κ2) is 3.72. The van der Waals surface area contributed by atoms with E-state index in [1.165, 1.54) is 0 Å². The van der Waals surface area contributed by atoms with Crippen molar-refractivity contribution < 1.29 is 10.2 Å². The van der Waals surface area contributed by atoms with Gasteiger partial charge in [-0.3, -0.25) is 0 Å². The van der Waals surface area contributed by atoms with E-state index in [2.05, 4.69) is 11.9 Å². The molecule has 0 aromatic heterocycles. The molecule has 2 aliphatic rings. The fourth-order valence-corrected chi connectivity index (χ4v) is 3.53. The van der Waals surface area contributed by atoms with E-state index in [1.54, 1.807) is 12.1 Å². The van der Waals surface area contributed by atoms with Crippen molar-refractivity contribution in [2.45, 2.75) is 43.4 Å². The van der Waals surface area contributed by atoms with E-state index < -0.39 is 5.60 Å². The van der Waals surface area contributed by atoms with Gasteiger partial charge < -0.3 is 15.1 Å². The first-order chi connectivity index (χ1) is 8.10. The summed E-state index contributed by atoms with van der Waals surface area (Å²) in [5, 5.41) is 20.7. The van der Waals surface area contributed by atoms with Crippen LogP contribution >= 0.6 is 0 Å². The Hall–Kier alpha value is -1.06. The zero-order chi connectivity index (χ0) is 12.0. The van der Waals surface area contributed by atoms with E-state index in [0.717, 1.165) is 25.7 Å². The van der Waals surface area contributed by atoms with E-state index in [-0.39, 0.29) is 5.75 Å². The van der Waals surface area contributed by atoms with Gasteiger partial charge >= 0.3 is 0 Å². The minimum atomic E-state index is -0.844. The van der Waals surface area contributed by atoms with Gasteiger partial charge in [0.25, 0.3) is 0 Å². The molecular weight excluding hydrogens is 214 g/mol. The average Bonchev–Trinajstić information content (AvgIpc) is 2.53. The van der Waals surface area contributed by atoms with Crippen molar-refractivity contribution in [2.75, 3.05) is 7.05 Å². The zero-order valence-electron chi connectivity index (χ0n) is 10.1. The Labute approximate surface area is 102 Å². The average molecular weight is 233 g/mol. The van der Waals surface area contributed by atoms with Crippen molar-refractivity contribution in [3.8, 4) is 5.75 Å². The molecule has 0 spiro atoms. The molecule has 2 saturated heterocycles. The normalized spacial score (nSPS) is 37.3. The van der Waals surface area contributed by atoms with Crippen LogP contribution in [0.1, 0.15) is 31.2 Å². The number of piperidine rings is 1. The third-order valence-electron chi connectivity index (χ3n) is 4.54. The molecule has 2 atom stereocenters. The van der Waals surface area contributed by atoms with Crippen LogP contribution in [0, 0.1) is 0 Å². The summed E-state index contributed by atoms with van der Waals surface area (Å²) in [6, 6.07) is 8.10. The van der Waals surface area contributed by atoms with Gasteiger partial charge in [0.1, 0.15) is 5.75 Å². The molecule has 17 heavy (non-hydrogen) atoms. The highest BCUT2D eigenvalue weighted by molar-refractivity contribution is 5.37. The molecule has 2 fully saturated rings. The largest absolute Gasteiger partial charge is 0.508 e. The van der Waals surface area contributed by atoms with E-state index in [4.69, 9.17) is 0 Å². The van der Waals surface area contributed by atoms with Crippen LogP contribution in [0.3, 0.4) is 0 Å². The van der Waals surface area contributed by atoms with E-state index in [9.17, 15) is 10.2 Å². The molecule has 0 radical (unpaired) electrons. The summed E-state index contributed by atoms with van der Waals surface area (Å²) >= 11 is 0. The predicted octanol–water partition coefficient (Wildman–Crippen LogP) is 1.84. The summed E-state index contributed by atoms with van der Waals surface area (Å²) < 4.78 is 0. The summed E-state index contributed by atoms with van der Waals surface area (Å²) in [5.41, 5.74) is -0.144. The maximum Gasteiger partial charge on any atom is 0.121 e. The van der Waals surface area contributed by atoms with Crippen molar-refractivity contribution in [3.05, 3.63) is 29.8 Å². The first-order valence-electron chi connectivity index (χ1n) is 6.33. The minimum absolute atomic E-state index is 0.221. The number of phenolic OH excluding ortho intramolecular Hbond substituents is 1. The number of fused-ring (bicyclic) bond motifs is 2. The van der Waals surface area contributed by atoms with Gasteiger partial charge in [0, 0.05) is 17.6 Å². The molecule has 0 amide bonds. The fourth-order valence-electron chi connectivity index (χ4n) is 3.53. The molecule has 92 valence electrons. The van der Waals surface area contributed by atoms with Crippen molar-refractivity contribution in [2.24, 2.45) is 0 Å². The molecule has 3 heteroatoms. The number of aromatic hydroxyl groups is 1. The van der Waals surface area contributed by atoms with Crippen LogP contribution in [0.4, 0.5) is 0 Å². The molecule has 2 N–H and O–H groups in total. The lowest BCUT2D eigenvalue weighted by Gasteiger charge is -2.42. The number of rotatable bonds is 1. The summed E-state index contributed by atoms with van der Waals surface area (Å²) in [6.07, 6.45) is 3.79. The number of hydrogen-bond acceptors (Lipinski definition) is 3. The van der Waals surface area contributed by atoms with Crippen LogP contribution in [0.15, 0.2) is 24.3 Å². The Morgan fingerprint density at radius 3 is 2.35 bits per heavy atom. The summed E-state index contributed by atoms with van der Waals surface area (Å²) in [6.45, 7) is 0. The van der Waals surface area contributed by atoms with Gasteiger partial charge in [0.15, 0.2) is 0 Å². The van der Waals surface area contributed by atoms with E-state index in [0.29, 0.717) is 17.6 Å². The van der Waals surface area contributed by atoms with E-state index in [1.807, 2.05) is 12.1 Å². The van der Waals surface area contributed by atoms with Crippen LogP contribution in [0.2, 0.25) is 0 Å². The number of benzene rings is 1. The highest BCUT2D eigenvalue weighted by Gasteiger charge is 2.47. The first-order valence-corrected chi connectivity index (χ1v) is 6.33. The van der Waals surface area contributed by atoms with Crippen molar-refractivity contribution >= 4 is 0 Å². The number of phenols is 1. The molecule has 1 aromatic rings. The molecule has 0 saturated carbocycles. The minimum Gasteiger partial charge on any atom is -0.508 e. The lowest BCUT2D eigenvalue weighted by Crippen LogP contribution is -2.47. The van der Waals surface area contributed by atoms with Gasteiger partial charge in [-0.2, -0.15) is 0 Å². The summed E-state index contributed by atoms with van der Waals surface area (Å²) in [4.78, 5) is 2.38. The topological polar surface area (TPSA) is 43.7 Å². The van der Waals surface area contributed by atoms with Crippen molar-refractivity contribution in [1.29, 1.82) is 0 Å². The fraction of sp³-hybridized carbons (Fsp3) is 0.571. The quantitative estimate of drug-likeness (QED) is 0.778. The Bertz CT molecular complexity index is 418. The maximum atomic E-state index is 10.8. The third kappa shape index (κ3) is 1.65. The zero-order valence-corrected chi connectivity index (χ0v) is 10.1. The van der Waals surface area contributed by atoms with Gasteiger partial charge in [-0.05, 0) is 38.8 Å². The van der Waals surface area contributed by atoms with Gasteiger partial charge in [-0.1, -0.05) is 18.2 Å².